The molecule has 0 bridgehead atoms. The molecule has 2 aromatic heterocycles. The van der Waals surface area contributed by atoms with Gasteiger partial charge in [0, 0.05) is 38.6 Å². The molecule has 0 aliphatic carbocycles. The Morgan fingerprint density at radius 2 is 2.05 bits per heavy atom. The summed E-state index contributed by atoms with van der Waals surface area (Å²) in [5, 5.41) is 2.16. The van der Waals surface area contributed by atoms with E-state index in [-0.39, 0.29) is 0 Å². The average Bonchev–Trinajstić information content (AvgIpc) is 2.82. The fourth-order valence-corrected chi connectivity index (χ4v) is 3.74. The maximum Gasteiger partial charge on any atom is 0.150 e. The van der Waals surface area contributed by atoms with E-state index in [4.69, 9.17) is 11.6 Å². The van der Waals surface area contributed by atoms with Crippen molar-refractivity contribution in [1.82, 2.24) is 14.9 Å². The molecule has 0 amide bonds. The van der Waals surface area contributed by atoms with Gasteiger partial charge in [0.05, 0.1) is 10.2 Å². The minimum atomic E-state index is 0.710. The van der Waals surface area contributed by atoms with Crippen LogP contribution in [0.2, 0.25) is 0 Å². The van der Waals surface area contributed by atoms with Crippen LogP contribution >= 0.6 is 22.9 Å². The van der Waals surface area contributed by atoms with Gasteiger partial charge in [-0.05, 0) is 17.9 Å². The molecule has 1 saturated heterocycles. The molecule has 0 unspecified atom stereocenters. The van der Waals surface area contributed by atoms with Crippen LogP contribution in [0, 0.1) is 6.92 Å². The average molecular weight is 297 g/mol. The summed E-state index contributed by atoms with van der Waals surface area (Å²) < 4.78 is 1.21. The number of halogens is 1. The van der Waals surface area contributed by atoms with Crippen molar-refractivity contribution in [3.8, 4) is 0 Å². The highest BCUT2D eigenvalue weighted by atomic mass is 35.5. The lowest BCUT2D eigenvalue weighted by Crippen LogP contribution is -2.47. The Morgan fingerprint density at radius 3 is 2.79 bits per heavy atom. The number of anilines is 1. The molecule has 0 N–H and O–H groups in total. The van der Waals surface area contributed by atoms with Crippen molar-refractivity contribution in [3.05, 3.63) is 17.3 Å². The van der Waals surface area contributed by atoms with Gasteiger partial charge in [0.15, 0.2) is 0 Å². The van der Waals surface area contributed by atoms with Crippen LogP contribution in [0.3, 0.4) is 0 Å². The molecular weight excluding hydrogens is 280 g/mol. The molecule has 1 aliphatic heterocycles. The third-order valence-electron chi connectivity index (χ3n) is 3.58. The molecule has 0 spiro atoms. The monoisotopic (exact) mass is 296 g/mol. The zero-order valence-electron chi connectivity index (χ0n) is 11.0. The lowest BCUT2D eigenvalue weighted by molar-refractivity contribution is 0.272. The zero-order chi connectivity index (χ0) is 13.2. The molecule has 6 heteroatoms. The summed E-state index contributed by atoms with van der Waals surface area (Å²) >= 11 is 7.54. The zero-order valence-corrected chi connectivity index (χ0v) is 12.5. The molecule has 0 saturated carbocycles. The van der Waals surface area contributed by atoms with E-state index >= 15 is 0 Å². The minimum absolute atomic E-state index is 0.710. The summed E-state index contributed by atoms with van der Waals surface area (Å²) in [5.41, 5.74) is 2.34. The first-order chi connectivity index (χ1) is 9.29. The van der Waals surface area contributed by atoms with Gasteiger partial charge in [-0.3, -0.25) is 4.90 Å². The number of thiophene rings is 1. The van der Waals surface area contributed by atoms with Gasteiger partial charge in [-0.25, -0.2) is 9.97 Å². The van der Waals surface area contributed by atoms with Gasteiger partial charge >= 0.3 is 0 Å². The Bertz CT molecular complexity index is 563. The van der Waals surface area contributed by atoms with E-state index in [9.17, 15) is 0 Å². The second kappa shape index (κ2) is 5.61. The quantitative estimate of drug-likeness (QED) is 0.814. The highest BCUT2D eigenvalue weighted by molar-refractivity contribution is 7.18. The van der Waals surface area contributed by atoms with Gasteiger partial charge in [-0.1, -0.05) is 0 Å². The standard InChI is InChI=1S/C13H17ClN4S/c1-10-8-19-12-11(10)15-9-16-13(12)18-6-4-17(3-2-14)5-7-18/h8-9H,2-7H2,1H3. The van der Waals surface area contributed by atoms with Crippen molar-refractivity contribution in [2.45, 2.75) is 6.92 Å². The Balaban J connectivity index is 1.82. The third-order valence-corrected chi connectivity index (χ3v) is 4.84. The van der Waals surface area contributed by atoms with Gasteiger partial charge < -0.3 is 4.90 Å². The number of piperazine rings is 1. The molecule has 0 aromatic carbocycles. The first-order valence-electron chi connectivity index (χ1n) is 6.51. The molecule has 3 heterocycles. The predicted molar refractivity (Wildman–Crippen MR) is 81.5 cm³/mol. The minimum Gasteiger partial charge on any atom is -0.353 e. The maximum atomic E-state index is 5.79. The van der Waals surface area contributed by atoms with Crippen LogP contribution < -0.4 is 4.90 Å². The smallest absolute Gasteiger partial charge is 0.150 e. The molecule has 102 valence electrons. The lowest BCUT2D eigenvalue weighted by Gasteiger charge is -2.35. The van der Waals surface area contributed by atoms with Crippen LogP contribution in [0.15, 0.2) is 11.7 Å². The van der Waals surface area contributed by atoms with Crippen LogP contribution in [0.25, 0.3) is 10.2 Å². The van der Waals surface area contributed by atoms with Gasteiger partial charge in [-0.2, -0.15) is 0 Å². The molecule has 1 fully saturated rings. The summed E-state index contributed by atoms with van der Waals surface area (Å²) in [6.07, 6.45) is 1.68. The van der Waals surface area contributed by atoms with Crippen LogP contribution in [-0.4, -0.2) is 53.5 Å². The molecule has 2 aromatic rings. The van der Waals surface area contributed by atoms with Crippen molar-refractivity contribution in [1.29, 1.82) is 0 Å². The van der Waals surface area contributed by atoms with E-state index in [1.807, 2.05) is 0 Å². The molecular formula is C13H17ClN4S. The van der Waals surface area contributed by atoms with Crippen molar-refractivity contribution >= 4 is 39.0 Å². The number of aryl methyl sites for hydroxylation is 1. The molecule has 4 nitrogen and oxygen atoms in total. The first-order valence-corrected chi connectivity index (χ1v) is 7.93. The number of fused-ring (bicyclic) bond motifs is 1. The number of nitrogens with zero attached hydrogens (tertiary/aromatic N) is 4. The summed E-state index contributed by atoms with van der Waals surface area (Å²) in [6, 6.07) is 0. The van der Waals surface area contributed by atoms with Gasteiger partial charge in [0.25, 0.3) is 0 Å². The van der Waals surface area contributed by atoms with Gasteiger partial charge in [0.1, 0.15) is 12.1 Å². The summed E-state index contributed by atoms with van der Waals surface area (Å²) in [7, 11) is 0. The summed E-state index contributed by atoms with van der Waals surface area (Å²) in [6.45, 7) is 7.23. The van der Waals surface area contributed by atoms with Crippen molar-refractivity contribution < 1.29 is 0 Å². The van der Waals surface area contributed by atoms with Crippen molar-refractivity contribution in [2.24, 2.45) is 0 Å². The Hall–Kier alpha value is -0.910. The second-order valence-electron chi connectivity index (χ2n) is 4.81. The molecule has 0 atom stereocenters. The van der Waals surface area contributed by atoms with Gasteiger partial charge in [0.2, 0.25) is 0 Å². The van der Waals surface area contributed by atoms with E-state index in [0.717, 1.165) is 44.1 Å². The molecule has 0 radical (unpaired) electrons. The highest BCUT2D eigenvalue weighted by Gasteiger charge is 2.20. The molecule has 19 heavy (non-hydrogen) atoms. The van der Waals surface area contributed by atoms with Crippen LogP contribution in [0.4, 0.5) is 5.82 Å². The van der Waals surface area contributed by atoms with Gasteiger partial charge in [-0.15, -0.1) is 22.9 Å². The van der Waals surface area contributed by atoms with Crippen LogP contribution in [0.5, 0.6) is 0 Å². The second-order valence-corrected chi connectivity index (χ2v) is 6.07. The Labute approximate surface area is 122 Å². The van der Waals surface area contributed by atoms with Crippen molar-refractivity contribution in [2.75, 3.05) is 43.5 Å². The highest BCUT2D eigenvalue weighted by Crippen LogP contribution is 2.31. The summed E-state index contributed by atoms with van der Waals surface area (Å²) in [5.74, 6) is 1.80. The van der Waals surface area contributed by atoms with E-state index in [0.29, 0.717) is 5.88 Å². The molecule has 3 rings (SSSR count). The van der Waals surface area contributed by atoms with Crippen molar-refractivity contribution in [3.63, 3.8) is 0 Å². The maximum absolute atomic E-state index is 5.79. The lowest BCUT2D eigenvalue weighted by atomic mass is 10.3. The normalized spacial score (nSPS) is 17.3. The summed E-state index contributed by atoms with van der Waals surface area (Å²) in [4.78, 5) is 13.7. The van der Waals surface area contributed by atoms with Crippen LogP contribution in [-0.2, 0) is 0 Å². The number of hydrogen-bond donors (Lipinski definition) is 0. The van der Waals surface area contributed by atoms with E-state index in [1.165, 1.54) is 10.3 Å². The van der Waals surface area contributed by atoms with E-state index in [2.05, 4.69) is 32.1 Å². The third kappa shape index (κ3) is 2.55. The predicted octanol–water partition coefficient (Wildman–Crippen LogP) is 2.36. The number of hydrogen-bond acceptors (Lipinski definition) is 5. The molecule has 1 aliphatic rings. The fourth-order valence-electron chi connectivity index (χ4n) is 2.49. The number of aromatic nitrogens is 2. The number of alkyl halides is 1. The van der Waals surface area contributed by atoms with E-state index in [1.54, 1.807) is 17.7 Å². The van der Waals surface area contributed by atoms with E-state index < -0.39 is 0 Å². The Morgan fingerprint density at radius 1 is 1.26 bits per heavy atom. The Kier molecular flexibility index (Phi) is 3.86. The number of rotatable bonds is 3. The largest absolute Gasteiger partial charge is 0.353 e. The fraction of sp³-hybridized carbons (Fsp3) is 0.538. The SMILES string of the molecule is Cc1csc2c(N3CCN(CCCl)CC3)ncnc12. The first kappa shape index (κ1) is 13.1. The topological polar surface area (TPSA) is 32.3 Å². The van der Waals surface area contributed by atoms with Crippen LogP contribution in [0.1, 0.15) is 5.56 Å².